The van der Waals surface area contributed by atoms with Gasteiger partial charge in [-0.2, -0.15) is 0 Å². The Kier molecular flexibility index (Phi) is 7.98. The number of phenols is 1. The van der Waals surface area contributed by atoms with Crippen molar-refractivity contribution in [2.24, 2.45) is 0 Å². The van der Waals surface area contributed by atoms with Gasteiger partial charge in [0, 0.05) is 16.0 Å². The summed E-state index contributed by atoms with van der Waals surface area (Å²) in [4.78, 5) is 13.3. The molecule has 0 aliphatic carbocycles. The van der Waals surface area contributed by atoms with Crippen molar-refractivity contribution in [3.8, 4) is 17.2 Å². The molecule has 4 rings (SSSR count). The first-order valence-electron chi connectivity index (χ1n) is 11.4. The van der Waals surface area contributed by atoms with Crippen molar-refractivity contribution < 1.29 is 28.8 Å². The Hall–Kier alpha value is -3.74. The minimum absolute atomic E-state index is 0.0391. The van der Waals surface area contributed by atoms with Gasteiger partial charge in [-0.1, -0.05) is 41.9 Å². The standard InChI is InChI=1S/C29H27ClO6/c1-18-14-21-15-22(30)8-13-25(21)27(31)26(18)28(35-16-19-4-9-23(33-2)10-5-19)29(32)36-17-20-6-11-24(34-3)12-7-20/h4-15,28,31H,16-17H2,1-3H3. The van der Waals surface area contributed by atoms with Gasteiger partial charge in [0.05, 0.1) is 20.8 Å². The van der Waals surface area contributed by atoms with Crippen molar-refractivity contribution in [2.75, 3.05) is 14.2 Å². The van der Waals surface area contributed by atoms with Crippen LogP contribution in [0.3, 0.4) is 0 Å². The summed E-state index contributed by atoms with van der Waals surface area (Å²) in [7, 11) is 3.19. The summed E-state index contributed by atoms with van der Waals surface area (Å²) in [6.07, 6.45) is -1.15. The number of phenolic OH excluding ortho intramolecular Hbond substituents is 1. The van der Waals surface area contributed by atoms with Crippen molar-refractivity contribution in [3.05, 3.63) is 100 Å². The number of ether oxygens (including phenoxy) is 4. The summed E-state index contributed by atoms with van der Waals surface area (Å²) in [6, 6.07) is 21.6. The highest BCUT2D eigenvalue weighted by Gasteiger charge is 2.29. The van der Waals surface area contributed by atoms with Crippen LogP contribution in [0.25, 0.3) is 10.8 Å². The van der Waals surface area contributed by atoms with Gasteiger partial charge in [0.2, 0.25) is 0 Å². The van der Waals surface area contributed by atoms with Gasteiger partial charge in [0.15, 0.2) is 6.10 Å². The maximum absolute atomic E-state index is 13.3. The average molecular weight is 507 g/mol. The molecule has 0 heterocycles. The summed E-state index contributed by atoms with van der Waals surface area (Å²) in [6.45, 7) is 1.99. The molecule has 0 amide bonds. The van der Waals surface area contributed by atoms with E-state index in [1.807, 2.05) is 49.4 Å². The first-order valence-corrected chi connectivity index (χ1v) is 11.7. The van der Waals surface area contributed by atoms with Gasteiger partial charge in [0.1, 0.15) is 23.9 Å². The summed E-state index contributed by atoms with van der Waals surface area (Å²) in [5.74, 6) is 0.785. The average Bonchev–Trinajstić information content (AvgIpc) is 2.89. The quantitative estimate of drug-likeness (QED) is 0.260. The Morgan fingerprint density at radius 1 is 0.861 bits per heavy atom. The predicted octanol–water partition coefficient (Wildman–Crippen LogP) is 6.53. The molecule has 0 saturated carbocycles. The van der Waals surface area contributed by atoms with Gasteiger partial charge in [-0.15, -0.1) is 0 Å². The molecule has 0 bridgehead atoms. The molecule has 0 spiro atoms. The van der Waals surface area contributed by atoms with Crippen LogP contribution in [0.15, 0.2) is 72.8 Å². The number of fused-ring (bicyclic) bond motifs is 1. The maximum Gasteiger partial charge on any atom is 0.340 e. The van der Waals surface area contributed by atoms with Crippen LogP contribution in [0.2, 0.25) is 5.02 Å². The Morgan fingerprint density at radius 3 is 2.03 bits per heavy atom. The van der Waals surface area contributed by atoms with Crippen LogP contribution >= 0.6 is 11.6 Å². The smallest absolute Gasteiger partial charge is 0.340 e. The number of carbonyl (C=O) groups is 1. The second kappa shape index (κ2) is 11.3. The number of aryl methyl sites for hydroxylation is 1. The van der Waals surface area contributed by atoms with E-state index in [2.05, 4.69) is 0 Å². The number of halogens is 1. The number of esters is 1. The third kappa shape index (κ3) is 5.73. The molecular weight excluding hydrogens is 480 g/mol. The molecule has 4 aromatic rings. The van der Waals surface area contributed by atoms with E-state index in [4.69, 9.17) is 30.5 Å². The fraction of sp³-hybridized carbons (Fsp3) is 0.207. The van der Waals surface area contributed by atoms with Gasteiger partial charge in [-0.25, -0.2) is 4.79 Å². The molecule has 0 radical (unpaired) electrons. The lowest BCUT2D eigenvalue weighted by Crippen LogP contribution is -2.20. The van der Waals surface area contributed by atoms with Crippen LogP contribution < -0.4 is 9.47 Å². The lowest BCUT2D eigenvalue weighted by molar-refractivity contribution is -0.160. The minimum Gasteiger partial charge on any atom is -0.507 e. The molecule has 4 aromatic carbocycles. The first kappa shape index (κ1) is 25.4. The Morgan fingerprint density at radius 2 is 1.44 bits per heavy atom. The summed E-state index contributed by atoms with van der Waals surface area (Å²) < 4.78 is 22.1. The van der Waals surface area contributed by atoms with Crippen LogP contribution in [0.4, 0.5) is 0 Å². The minimum atomic E-state index is -1.15. The molecule has 1 atom stereocenters. The molecule has 0 aliphatic rings. The number of carbonyl (C=O) groups excluding carboxylic acids is 1. The zero-order valence-corrected chi connectivity index (χ0v) is 21.0. The molecule has 1 unspecified atom stereocenters. The zero-order valence-electron chi connectivity index (χ0n) is 20.3. The normalized spacial score (nSPS) is 11.8. The number of hydrogen-bond donors (Lipinski definition) is 1. The van der Waals surface area contributed by atoms with Gasteiger partial charge in [-0.05, 0) is 71.5 Å². The molecule has 0 aromatic heterocycles. The number of benzene rings is 4. The third-order valence-corrected chi connectivity index (χ3v) is 6.15. The molecule has 6 nitrogen and oxygen atoms in total. The van der Waals surface area contributed by atoms with Crippen molar-refractivity contribution in [3.63, 3.8) is 0 Å². The summed E-state index contributed by atoms with van der Waals surface area (Å²) >= 11 is 6.14. The van der Waals surface area contributed by atoms with Crippen molar-refractivity contribution in [2.45, 2.75) is 26.2 Å². The molecule has 186 valence electrons. The van der Waals surface area contributed by atoms with Crippen LogP contribution in [-0.2, 0) is 27.5 Å². The fourth-order valence-corrected chi connectivity index (χ4v) is 4.15. The molecule has 1 N–H and O–H groups in total. The number of rotatable bonds is 9. The van der Waals surface area contributed by atoms with Crippen LogP contribution in [-0.4, -0.2) is 25.3 Å². The van der Waals surface area contributed by atoms with E-state index in [1.165, 1.54) is 0 Å². The van der Waals surface area contributed by atoms with Gasteiger partial charge in [0.25, 0.3) is 0 Å². The monoisotopic (exact) mass is 506 g/mol. The van der Waals surface area contributed by atoms with Crippen LogP contribution in [0, 0.1) is 6.92 Å². The fourth-order valence-electron chi connectivity index (χ4n) is 3.96. The predicted molar refractivity (Wildman–Crippen MR) is 139 cm³/mol. The molecular formula is C29H27ClO6. The topological polar surface area (TPSA) is 74.2 Å². The summed E-state index contributed by atoms with van der Waals surface area (Å²) in [5, 5.41) is 13.1. The van der Waals surface area contributed by atoms with Gasteiger partial charge < -0.3 is 24.1 Å². The van der Waals surface area contributed by atoms with E-state index in [-0.39, 0.29) is 19.0 Å². The van der Waals surface area contributed by atoms with E-state index in [0.717, 1.165) is 22.3 Å². The molecule has 0 saturated heterocycles. The molecule has 7 heteroatoms. The largest absolute Gasteiger partial charge is 0.507 e. The van der Waals surface area contributed by atoms with Gasteiger partial charge >= 0.3 is 5.97 Å². The van der Waals surface area contributed by atoms with Crippen LogP contribution in [0.1, 0.15) is 28.4 Å². The van der Waals surface area contributed by atoms with Gasteiger partial charge in [-0.3, -0.25) is 0 Å². The first-order chi connectivity index (χ1) is 17.4. The van der Waals surface area contributed by atoms with E-state index in [0.29, 0.717) is 27.3 Å². The Bertz CT molecular complexity index is 1350. The molecule has 36 heavy (non-hydrogen) atoms. The van der Waals surface area contributed by atoms with Crippen molar-refractivity contribution in [1.29, 1.82) is 0 Å². The van der Waals surface area contributed by atoms with E-state index in [1.54, 1.807) is 44.6 Å². The summed E-state index contributed by atoms with van der Waals surface area (Å²) in [5.41, 5.74) is 2.68. The third-order valence-electron chi connectivity index (χ3n) is 5.91. The number of hydrogen-bond acceptors (Lipinski definition) is 6. The zero-order chi connectivity index (χ0) is 25.7. The Balaban J connectivity index is 1.63. The van der Waals surface area contributed by atoms with E-state index in [9.17, 15) is 9.90 Å². The second-order valence-electron chi connectivity index (χ2n) is 8.32. The lowest BCUT2D eigenvalue weighted by Gasteiger charge is -2.21. The van der Waals surface area contributed by atoms with Crippen molar-refractivity contribution in [1.82, 2.24) is 0 Å². The van der Waals surface area contributed by atoms with Crippen molar-refractivity contribution >= 4 is 28.3 Å². The highest BCUT2D eigenvalue weighted by Crippen LogP contribution is 2.39. The highest BCUT2D eigenvalue weighted by molar-refractivity contribution is 6.31. The highest BCUT2D eigenvalue weighted by atomic mass is 35.5. The lowest BCUT2D eigenvalue weighted by atomic mass is 9.96. The second-order valence-corrected chi connectivity index (χ2v) is 8.75. The maximum atomic E-state index is 13.3. The van der Waals surface area contributed by atoms with E-state index >= 15 is 0 Å². The Labute approximate surface area is 214 Å². The molecule has 0 aliphatic heterocycles. The molecule has 0 fully saturated rings. The van der Waals surface area contributed by atoms with E-state index < -0.39 is 12.1 Å². The number of aromatic hydroxyl groups is 1. The number of methoxy groups -OCH3 is 2. The van der Waals surface area contributed by atoms with Crippen LogP contribution in [0.5, 0.6) is 17.2 Å². The SMILES string of the molecule is COc1ccc(COC(=O)C(OCc2ccc(OC)cc2)c2c(C)cc3cc(Cl)ccc3c2O)cc1.